The van der Waals surface area contributed by atoms with Crippen molar-refractivity contribution >= 4 is 17.7 Å². The summed E-state index contributed by atoms with van der Waals surface area (Å²) < 4.78 is 13.3. The van der Waals surface area contributed by atoms with Gasteiger partial charge >= 0.3 is 12.0 Å². The number of rotatable bonds is 5. The van der Waals surface area contributed by atoms with Crippen molar-refractivity contribution in [2.45, 2.75) is 20.3 Å². The van der Waals surface area contributed by atoms with Crippen molar-refractivity contribution < 1.29 is 19.1 Å². The van der Waals surface area contributed by atoms with E-state index in [2.05, 4.69) is 5.32 Å². The molecule has 0 heterocycles. The molecule has 104 valence electrons. The summed E-state index contributed by atoms with van der Waals surface area (Å²) in [6, 6.07) is 3.81. The first-order chi connectivity index (χ1) is 8.95. The molecule has 1 aromatic rings. The van der Waals surface area contributed by atoms with Crippen molar-refractivity contribution in [1.29, 1.82) is 0 Å². The van der Waals surface area contributed by atoms with Gasteiger partial charge < -0.3 is 15.3 Å². The van der Waals surface area contributed by atoms with E-state index in [4.69, 9.17) is 5.11 Å². The lowest BCUT2D eigenvalue weighted by Crippen LogP contribution is -2.39. The Morgan fingerprint density at radius 3 is 2.68 bits per heavy atom. The smallest absolute Gasteiger partial charge is 0.323 e. The van der Waals surface area contributed by atoms with Crippen LogP contribution in [0.15, 0.2) is 18.2 Å². The van der Waals surface area contributed by atoms with Gasteiger partial charge in [-0.25, -0.2) is 9.18 Å². The normalized spacial score (nSPS) is 10.1. The number of carboxylic acid groups (broad SMARTS) is 1. The number of carbonyl (C=O) groups is 2. The number of carboxylic acids is 1. The standard InChI is InChI=1S/C13H17FN2O3/c1-3-7-16(8-12(17)18)13(19)15-11-6-4-5-10(14)9(11)2/h4-6H,3,7-8H2,1-2H3,(H,15,19)(H,17,18). The Kier molecular flexibility index (Phi) is 5.29. The summed E-state index contributed by atoms with van der Waals surface area (Å²) in [5.74, 6) is -1.50. The molecule has 1 rings (SSSR count). The number of nitrogens with one attached hydrogen (secondary N) is 1. The number of anilines is 1. The van der Waals surface area contributed by atoms with E-state index in [9.17, 15) is 14.0 Å². The van der Waals surface area contributed by atoms with E-state index < -0.39 is 17.8 Å². The minimum atomic E-state index is -1.08. The van der Waals surface area contributed by atoms with Crippen molar-refractivity contribution in [3.8, 4) is 0 Å². The van der Waals surface area contributed by atoms with E-state index >= 15 is 0 Å². The Bertz CT molecular complexity index is 477. The van der Waals surface area contributed by atoms with Crippen LogP contribution >= 0.6 is 0 Å². The zero-order valence-electron chi connectivity index (χ0n) is 10.9. The van der Waals surface area contributed by atoms with Crippen molar-refractivity contribution in [1.82, 2.24) is 4.90 Å². The molecule has 0 bridgehead atoms. The molecule has 0 spiro atoms. The first kappa shape index (κ1) is 14.9. The number of aliphatic carboxylic acids is 1. The third kappa shape index (κ3) is 4.24. The fourth-order valence-corrected chi connectivity index (χ4v) is 1.62. The van der Waals surface area contributed by atoms with E-state index in [0.717, 1.165) is 0 Å². The second-order valence-corrected chi connectivity index (χ2v) is 4.16. The van der Waals surface area contributed by atoms with Crippen molar-refractivity contribution in [2.75, 3.05) is 18.4 Å². The van der Waals surface area contributed by atoms with Crippen LogP contribution in [0.1, 0.15) is 18.9 Å². The van der Waals surface area contributed by atoms with Gasteiger partial charge in [0.1, 0.15) is 12.4 Å². The van der Waals surface area contributed by atoms with Gasteiger partial charge in [-0.15, -0.1) is 0 Å². The number of halogens is 1. The van der Waals surface area contributed by atoms with Crippen molar-refractivity contribution in [3.05, 3.63) is 29.6 Å². The Balaban J connectivity index is 2.81. The third-order valence-electron chi connectivity index (χ3n) is 2.62. The maximum absolute atomic E-state index is 13.3. The maximum Gasteiger partial charge on any atom is 0.323 e. The molecule has 0 atom stereocenters. The molecule has 2 N–H and O–H groups in total. The molecule has 0 saturated heterocycles. The van der Waals surface area contributed by atoms with E-state index in [0.29, 0.717) is 24.2 Å². The molecule has 2 amide bonds. The van der Waals surface area contributed by atoms with Crippen LogP contribution in [-0.2, 0) is 4.79 Å². The summed E-state index contributed by atoms with van der Waals surface area (Å²) >= 11 is 0. The summed E-state index contributed by atoms with van der Waals surface area (Å²) in [7, 11) is 0. The molecular weight excluding hydrogens is 251 g/mol. The Hall–Kier alpha value is -2.11. The van der Waals surface area contributed by atoms with Gasteiger partial charge in [-0.2, -0.15) is 0 Å². The molecule has 6 heteroatoms. The zero-order chi connectivity index (χ0) is 14.4. The molecule has 0 aliphatic carbocycles. The fourth-order valence-electron chi connectivity index (χ4n) is 1.62. The van der Waals surface area contributed by atoms with Crippen LogP contribution in [-0.4, -0.2) is 35.1 Å². The van der Waals surface area contributed by atoms with Gasteiger partial charge in [0, 0.05) is 17.8 Å². The second kappa shape index (κ2) is 6.72. The minimum absolute atomic E-state index is 0.322. The van der Waals surface area contributed by atoms with E-state index in [-0.39, 0.29) is 6.54 Å². The summed E-state index contributed by atoms with van der Waals surface area (Å²) in [4.78, 5) is 23.8. The Morgan fingerprint density at radius 2 is 2.11 bits per heavy atom. The molecule has 0 saturated carbocycles. The minimum Gasteiger partial charge on any atom is -0.480 e. The van der Waals surface area contributed by atoms with Gasteiger partial charge in [-0.3, -0.25) is 4.79 Å². The summed E-state index contributed by atoms with van der Waals surface area (Å²) in [5.41, 5.74) is 0.666. The molecule has 5 nitrogen and oxygen atoms in total. The summed E-state index contributed by atoms with van der Waals surface area (Å²) in [5, 5.41) is 11.3. The highest BCUT2D eigenvalue weighted by molar-refractivity contribution is 5.92. The second-order valence-electron chi connectivity index (χ2n) is 4.16. The lowest BCUT2D eigenvalue weighted by Gasteiger charge is -2.21. The van der Waals surface area contributed by atoms with Gasteiger partial charge in [0.15, 0.2) is 0 Å². The average molecular weight is 268 g/mol. The molecule has 0 aromatic heterocycles. The molecule has 1 aromatic carbocycles. The number of amides is 2. The number of hydrogen-bond donors (Lipinski definition) is 2. The van der Waals surface area contributed by atoms with Crippen LogP contribution in [0, 0.1) is 12.7 Å². The van der Waals surface area contributed by atoms with Crippen molar-refractivity contribution in [2.24, 2.45) is 0 Å². The Labute approximate surface area is 111 Å². The van der Waals surface area contributed by atoms with E-state index in [1.54, 1.807) is 13.0 Å². The molecule has 0 aliphatic rings. The average Bonchev–Trinajstić information content (AvgIpc) is 2.34. The lowest BCUT2D eigenvalue weighted by atomic mass is 10.2. The highest BCUT2D eigenvalue weighted by atomic mass is 19.1. The van der Waals surface area contributed by atoms with Crippen LogP contribution in [0.25, 0.3) is 0 Å². The topological polar surface area (TPSA) is 69.6 Å². The molecule has 0 radical (unpaired) electrons. The first-order valence-corrected chi connectivity index (χ1v) is 5.98. The molecule has 0 aliphatic heterocycles. The number of benzene rings is 1. The van der Waals surface area contributed by atoms with Crippen LogP contribution in [0.4, 0.5) is 14.9 Å². The van der Waals surface area contributed by atoms with Gasteiger partial charge in [0.2, 0.25) is 0 Å². The predicted molar refractivity (Wildman–Crippen MR) is 69.7 cm³/mol. The van der Waals surface area contributed by atoms with Gasteiger partial charge in [-0.05, 0) is 25.5 Å². The molecule has 19 heavy (non-hydrogen) atoms. The first-order valence-electron chi connectivity index (χ1n) is 5.98. The van der Waals surface area contributed by atoms with Crippen LogP contribution in [0.5, 0.6) is 0 Å². The quantitative estimate of drug-likeness (QED) is 0.861. The predicted octanol–water partition coefficient (Wildman–Crippen LogP) is 2.46. The fraction of sp³-hybridized carbons (Fsp3) is 0.385. The van der Waals surface area contributed by atoms with Crippen LogP contribution in [0.2, 0.25) is 0 Å². The zero-order valence-corrected chi connectivity index (χ0v) is 10.9. The molecular formula is C13H17FN2O3. The lowest BCUT2D eigenvalue weighted by molar-refractivity contribution is -0.137. The van der Waals surface area contributed by atoms with Crippen molar-refractivity contribution in [3.63, 3.8) is 0 Å². The summed E-state index contributed by atoms with van der Waals surface area (Å²) in [6.07, 6.45) is 0.642. The Morgan fingerprint density at radius 1 is 1.42 bits per heavy atom. The number of urea groups is 1. The third-order valence-corrected chi connectivity index (χ3v) is 2.62. The number of hydrogen-bond acceptors (Lipinski definition) is 2. The monoisotopic (exact) mass is 268 g/mol. The van der Waals surface area contributed by atoms with E-state index in [1.807, 2.05) is 6.92 Å². The maximum atomic E-state index is 13.3. The highest BCUT2D eigenvalue weighted by Gasteiger charge is 2.17. The largest absolute Gasteiger partial charge is 0.480 e. The SMILES string of the molecule is CCCN(CC(=O)O)C(=O)Nc1cccc(F)c1C. The van der Waals surface area contributed by atoms with Gasteiger partial charge in [0.25, 0.3) is 0 Å². The van der Waals surface area contributed by atoms with Crippen LogP contribution < -0.4 is 5.32 Å². The van der Waals surface area contributed by atoms with Gasteiger partial charge in [0.05, 0.1) is 0 Å². The van der Waals surface area contributed by atoms with Crippen LogP contribution in [0.3, 0.4) is 0 Å². The van der Waals surface area contributed by atoms with E-state index in [1.165, 1.54) is 17.0 Å². The number of nitrogens with zero attached hydrogens (tertiary/aromatic N) is 1. The summed E-state index contributed by atoms with van der Waals surface area (Å²) in [6.45, 7) is 3.34. The molecule has 0 unspecified atom stereocenters. The highest BCUT2D eigenvalue weighted by Crippen LogP contribution is 2.17. The number of carbonyl (C=O) groups excluding carboxylic acids is 1. The molecule has 0 fully saturated rings. The van der Waals surface area contributed by atoms with Gasteiger partial charge in [-0.1, -0.05) is 13.0 Å².